The monoisotopic (exact) mass is 240 g/mol. The van der Waals surface area contributed by atoms with E-state index in [2.05, 4.69) is 10.3 Å². The van der Waals surface area contributed by atoms with Gasteiger partial charge in [-0.2, -0.15) is 0 Å². The van der Waals surface area contributed by atoms with Crippen molar-refractivity contribution in [2.24, 2.45) is 5.73 Å². The Hall–Kier alpha value is -1.40. The second-order valence-electron chi connectivity index (χ2n) is 3.79. The lowest BCUT2D eigenvalue weighted by molar-refractivity contribution is -0.124. The zero-order chi connectivity index (χ0) is 12.7. The lowest BCUT2D eigenvalue weighted by atomic mass is 10.2. The van der Waals surface area contributed by atoms with Crippen LogP contribution in [0.2, 0.25) is 0 Å². The average Bonchev–Trinajstić information content (AvgIpc) is 2.77. The number of nitrogens with zero attached hydrogens (tertiary/aromatic N) is 2. The van der Waals surface area contributed by atoms with Gasteiger partial charge in [-0.1, -0.05) is 0 Å². The summed E-state index contributed by atoms with van der Waals surface area (Å²) < 4.78 is 6.72. The Morgan fingerprint density at radius 3 is 3.12 bits per heavy atom. The van der Waals surface area contributed by atoms with Gasteiger partial charge in [0.15, 0.2) is 0 Å². The Labute approximate surface area is 101 Å². The molecule has 1 aromatic rings. The third-order valence-electron chi connectivity index (χ3n) is 2.55. The van der Waals surface area contributed by atoms with Crippen LogP contribution in [0.25, 0.3) is 0 Å². The number of hydrogen-bond donors (Lipinski definition) is 2. The maximum Gasteiger partial charge on any atom is 0.242 e. The van der Waals surface area contributed by atoms with Crippen LogP contribution in [0.3, 0.4) is 0 Å². The van der Waals surface area contributed by atoms with Gasteiger partial charge in [-0.3, -0.25) is 4.79 Å². The molecular weight excluding hydrogens is 220 g/mol. The zero-order valence-electron chi connectivity index (χ0n) is 10.3. The minimum atomic E-state index is -0.282. The van der Waals surface area contributed by atoms with Crippen LogP contribution in [-0.4, -0.2) is 42.3 Å². The molecule has 6 nitrogen and oxygen atoms in total. The summed E-state index contributed by atoms with van der Waals surface area (Å²) in [5, 5.41) is 2.80. The highest BCUT2D eigenvalue weighted by Gasteiger charge is 2.16. The van der Waals surface area contributed by atoms with Crippen LogP contribution in [-0.2, 0) is 16.0 Å². The van der Waals surface area contributed by atoms with Gasteiger partial charge < -0.3 is 20.4 Å². The van der Waals surface area contributed by atoms with Crippen molar-refractivity contribution in [3.63, 3.8) is 0 Å². The Morgan fingerprint density at radius 1 is 1.71 bits per heavy atom. The Bertz CT molecular complexity index is 351. The topological polar surface area (TPSA) is 82.2 Å². The van der Waals surface area contributed by atoms with Crippen molar-refractivity contribution in [1.82, 2.24) is 14.9 Å². The van der Waals surface area contributed by atoms with Crippen LogP contribution in [0, 0.1) is 0 Å². The fourth-order valence-corrected chi connectivity index (χ4v) is 1.57. The van der Waals surface area contributed by atoms with Crippen molar-refractivity contribution in [1.29, 1.82) is 0 Å². The molecule has 3 N–H and O–H groups in total. The van der Waals surface area contributed by atoms with Crippen LogP contribution in [0.4, 0.5) is 0 Å². The van der Waals surface area contributed by atoms with Crippen molar-refractivity contribution >= 4 is 5.91 Å². The van der Waals surface area contributed by atoms with E-state index in [1.165, 1.54) is 0 Å². The Balaban J connectivity index is 2.58. The molecule has 1 rings (SSSR count). The Kier molecular flexibility index (Phi) is 5.65. The number of imidazole rings is 1. The summed E-state index contributed by atoms with van der Waals surface area (Å²) in [4.78, 5) is 15.9. The fourth-order valence-electron chi connectivity index (χ4n) is 1.57. The second kappa shape index (κ2) is 7.03. The third-order valence-corrected chi connectivity index (χ3v) is 2.55. The highest BCUT2D eigenvalue weighted by atomic mass is 16.5. The SMILES string of the molecule is COCCNC(=O)C(C)n1cncc1CCN. The predicted octanol–water partition coefficient (Wildman–Crippen LogP) is -0.292. The van der Waals surface area contributed by atoms with Crippen LogP contribution >= 0.6 is 0 Å². The molecule has 0 bridgehead atoms. The number of amides is 1. The summed E-state index contributed by atoms with van der Waals surface area (Å²) in [5.74, 6) is -0.0432. The van der Waals surface area contributed by atoms with Crippen molar-refractivity contribution < 1.29 is 9.53 Å². The quantitative estimate of drug-likeness (QED) is 0.641. The predicted molar refractivity (Wildman–Crippen MR) is 64.6 cm³/mol. The molecule has 1 amide bonds. The number of hydrogen-bond acceptors (Lipinski definition) is 4. The first-order valence-electron chi connectivity index (χ1n) is 5.68. The van der Waals surface area contributed by atoms with Crippen LogP contribution in [0.15, 0.2) is 12.5 Å². The molecule has 6 heteroatoms. The molecule has 0 aliphatic heterocycles. The molecule has 1 aromatic heterocycles. The van der Waals surface area contributed by atoms with Gasteiger partial charge in [0.2, 0.25) is 5.91 Å². The van der Waals surface area contributed by atoms with Crippen molar-refractivity contribution in [2.75, 3.05) is 26.8 Å². The summed E-state index contributed by atoms with van der Waals surface area (Å²) in [6, 6.07) is -0.282. The maximum absolute atomic E-state index is 11.8. The summed E-state index contributed by atoms with van der Waals surface area (Å²) in [6.07, 6.45) is 4.12. The first kappa shape index (κ1) is 13.7. The maximum atomic E-state index is 11.8. The van der Waals surface area contributed by atoms with Gasteiger partial charge in [0.25, 0.3) is 0 Å². The zero-order valence-corrected chi connectivity index (χ0v) is 10.3. The largest absolute Gasteiger partial charge is 0.383 e. The van der Waals surface area contributed by atoms with E-state index in [9.17, 15) is 4.79 Å². The van der Waals surface area contributed by atoms with E-state index < -0.39 is 0 Å². The molecule has 0 aromatic carbocycles. The number of nitrogens with two attached hydrogens (primary N) is 1. The van der Waals surface area contributed by atoms with E-state index >= 15 is 0 Å². The first-order valence-corrected chi connectivity index (χ1v) is 5.68. The number of rotatable bonds is 7. The minimum absolute atomic E-state index is 0.0432. The van der Waals surface area contributed by atoms with Crippen molar-refractivity contribution in [2.45, 2.75) is 19.4 Å². The lowest BCUT2D eigenvalue weighted by Gasteiger charge is -2.16. The second-order valence-corrected chi connectivity index (χ2v) is 3.79. The van der Waals surface area contributed by atoms with E-state index in [0.717, 1.165) is 12.1 Å². The lowest BCUT2D eigenvalue weighted by Crippen LogP contribution is -2.33. The van der Waals surface area contributed by atoms with Gasteiger partial charge in [0.1, 0.15) is 6.04 Å². The average molecular weight is 240 g/mol. The van der Waals surface area contributed by atoms with Crippen LogP contribution in [0.5, 0.6) is 0 Å². The molecule has 0 saturated heterocycles. The fraction of sp³-hybridized carbons (Fsp3) is 0.636. The molecule has 1 unspecified atom stereocenters. The number of carbonyl (C=O) groups excluding carboxylic acids is 1. The van der Waals surface area contributed by atoms with E-state index in [-0.39, 0.29) is 11.9 Å². The number of ether oxygens (including phenoxy) is 1. The number of aromatic nitrogens is 2. The third kappa shape index (κ3) is 3.83. The van der Waals surface area contributed by atoms with Gasteiger partial charge in [-0.15, -0.1) is 0 Å². The summed E-state index contributed by atoms with van der Waals surface area (Å²) in [7, 11) is 1.60. The van der Waals surface area contributed by atoms with E-state index in [1.807, 2.05) is 11.5 Å². The highest BCUT2D eigenvalue weighted by Crippen LogP contribution is 2.10. The molecule has 0 aliphatic rings. The molecule has 0 spiro atoms. The molecule has 1 heterocycles. The summed E-state index contributed by atoms with van der Waals surface area (Å²) in [6.45, 7) is 3.41. The Morgan fingerprint density at radius 2 is 2.47 bits per heavy atom. The minimum Gasteiger partial charge on any atom is -0.383 e. The number of methoxy groups -OCH3 is 1. The molecule has 96 valence electrons. The molecule has 0 saturated carbocycles. The molecular formula is C11H20N4O2. The smallest absolute Gasteiger partial charge is 0.242 e. The van der Waals surface area contributed by atoms with Gasteiger partial charge in [-0.05, 0) is 13.5 Å². The summed E-state index contributed by atoms with van der Waals surface area (Å²) >= 11 is 0. The van der Waals surface area contributed by atoms with Crippen molar-refractivity contribution in [3.05, 3.63) is 18.2 Å². The summed E-state index contributed by atoms with van der Waals surface area (Å²) in [5.41, 5.74) is 6.48. The van der Waals surface area contributed by atoms with Gasteiger partial charge in [-0.25, -0.2) is 4.98 Å². The standard InChI is InChI=1S/C11H20N4O2/c1-9(11(16)14-5-6-17-2)15-8-13-7-10(15)3-4-12/h7-9H,3-6,12H2,1-2H3,(H,14,16). The van der Waals surface area contributed by atoms with Crippen molar-refractivity contribution in [3.8, 4) is 0 Å². The molecule has 0 fully saturated rings. The number of carbonyl (C=O) groups is 1. The van der Waals surface area contributed by atoms with Crippen LogP contribution in [0.1, 0.15) is 18.7 Å². The van der Waals surface area contributed by atoms with E-state index in [4.69, 9.17) is 10.5 Å². The van der Waals surface area contributed by atoms with Crippen LogP contribution < -0.4 is 11.1 Å². The first-order chi connectivity index (χ1) is 8.20. The van der Waals surface area contributed by atoms with E-state index in [1.54, 1.807) is 19.6 Å². The van der Waals surface area contributed by atoms with Gasteiger partial charge >= 0.3 is 0 Å². The van der Waals surface area contributed by atoms with Gasteiger partial charge in [0.05, 0.1) is 12.9 Å². The molecule has 1 atom stereocenters. The van der Waals surface area contributed by atoms with E-state index in [0.29, 0.717) is 19.7 Å². The highest BCUT2D eigenvalue weighted by molar-refractivity contribution is 5.79. The normalized spacial score (nSPS) is 12.4. The molecule has 17 heavy (non-hydrogen) atoms. The molecule has 0 radical (unpaired) electrons. The number of nitrogens with one attached hydrogen (secondary N) is 1. The molecule has 0 aliphatic carbocycles. The van der Waals surface area contributed by atoms with Gasteiger partial charge in [0, 0.05) is 32.0 Å².